The van der Waals surface area contributed by atoms with Gasteiger partial charge in [-0.1, -0.05) is 11.6 Å². The van der Waals surface area contributed by atoms with Crippen LogP contribution in [0.2, 0.25) is 5.02 Å². The van der Waals surface area contributed by atoms with Crippen LogP contribution in [0.15, 0.2) is 29.8 Å². The molecule has 0 saturated heterocycles. The van der Waals surface area contributed by atoms with Gasteiger partial charge in [-0.05, 0) is 36.1 Å². The van der Waals surface area contributed by atoms with E-state index in [4.69, 9.17) is 11.6 Å². The molecule has 0 fully saturated rings. The number of nitrogens with zero attached hydrogens (tertiary/aromatic N) is 1. The molecule has 0 bridgehead atoms. The van der Waals surface area contributed by atoms with E-state index < -0.39 is 6.10 Å². The number of hydrogen-bond donors (Lipinski definition) is 1. The summed E-state index contributed by atoms with van der Waals surface area (Å²) in [5, 5.41) is 12.6. The fourth-order valence-electron chi connectivity index (χ4n) is 1.39. The van der Waals surface area contributed by atoms with Crippen molar-refractivity contribution in [1.29, 1.82) is 0 Å². The van der Waals surface area contributed by atoms with Gasteiger partial charge in [-0.2, -0.15) is 0 Å². The fourth-order valence-corrected chi connectivity index (χ4v) is 2.56. The van der Waals surface area contributed by atoms with Crippen LogP contribution in [0.4, 0.5) is 0 Å². The maximum absolute atomic E-state index is 10.1. The quantitative estimate of drug-likeness (QED) is 0.873. The lowest BCUT2D eigenvalue weighted by atomic mass is 10.1. The van der Waals surface area contributed by atoms with Gasteiger partial charge >= 0.3 is 0 Å². The molecule has 2 aromatic heterocycles. The molecule has 78 valence electrons. The third-order valence-electron chi connectivity index (χ3n) is 2.13. The van der Waals surface area contributed by atoms with Crippen molar-refractivity contribution in [2.45, 2.75) is 13.0 Å². The molecular formula is C11H10ClNOS. The van der Waals surface area contributed by atoms with E-state index in [2.05, 4.69) is 4.98 Å². The molecule has 0 saturated carbocycles. The highest BCUT2D eigenvalue weighted by molar-refractivity contribution is 7.10. The molecule has 4 heteroatoms. The van der Waals surface area contributed by atoms with E-state index in [0.717, 1.165) is 16.1 Å². The number of aromatic nitrogens is 1. The van der Waals surface area contributed by atoms with Crippen LogP contribution in [0, 0.1) is 6.92 Å². The maximum atomic E-state index is 10.1. The summed E-state index contributed by atoms with van der Waals surface area (Å²) in [4.78, 5) is 4.87. The lowest BCUT2D eigenvalue weighted by Crippen LogP contribution is -1.98. The fraction of sp³-hybridized carbons (Fsp3) is 0.182. The molecule has 0 aliphatic carbocycles. The van der Waals surface area contributed by atoms with Gasteiger partial charge < -0.3 is 5.11 Å². The molecule has 2 aromatic rings. The molecule has 1 N–H and O–H groups in total. The molecule has 2 nitrogen and oxygen atoms in total. The Morgan fingerprint density at radius 2 is 2.27 bits per heavy atom. The summed E-state index contributed by atoms with van der Waals surface area (Å²) in [5.41, 5.74) is 1.71. The van der Waals surface area contributed by atoms with Gasteiger partial charge in [0.2, 0.25) is 0 Å². The SMILES string of the molecule is Cc1cc(C(O)c2sccc2Cl)ccn1. The summed E-state index contributed by atoms with van der Waals surface area (Å²) in [7, 11) is 0. The Labute approximate surface area is 97.2 Å². The Kier molecular flexibility index (Phi) is 3.05. The number of pyridine rings is 1. The Bertz CT molecular complexity index is 469. The van der Waals surface area contributed by atoms with E-state index in [0.29, 0.717) is 5.02 Å². The molecule has 1 unspecified atom stereocenters. The first kappa shape index (κ1) is 10.6. The standard InChI is InChI=1S/C11H10ClNOS/c1-7-6-8(2-4-13-7)10(14)11-9(12)3-5-15-11/h2-6,10,14H,1H3. The summed E-state index contributed by atoms with van der Waals surface area (Å²) in [6, 6.07) is 5.45. The third-order valence-corrected chi connectivity index (χ3v) is 3.54. The first-order valence-electron chi connectivity index (χ1n) is 4.52. The molecule has 0 aliphatic heterocycles. The predicted molar refractivity (Wildman–Crippen MR) is 62.4 cm³/mol. The molecule has 15 heavy (non-hydrogen) atoms. The zero-order chi connectivity index (χ0) is 10.8. The first-order chi connectivity index (χ1) is 7.18. The van der Waals surface area contributed by atoms with Crippen molar-refractivity contribution in [2.75, 3.05) is 0 Å². The normalized spacial score (nSPS) is 12.7. The van der Waals surface area contributed by atoms with E-state index in [1.165, 1.54) is 11.3 Å². The number of rotatable bonds is 2. The minimum atomic E-state index is -0.654. The van der Waals surface area contributed by atoms with E-state index >= 15 is 0 Å². The molecule has 0 spiro atoms. The van der Waals surface area contributed by atoms with E-state index in [9.17, 15) is 5.11 Å². The van der Waals surface area contributed by atoms with Crippen LogP contribution in [-0.4, -0.2) is 10.1 Å². The van der Waals surface area contributed by atoms with Crippen LogP contribution < -0.4 is 0 Å². The van der Waals surface area contributed by atoms with Crippen LogP contribution >= 0.6 is 22.9 Å². The Morgan fingerprint density at radius 1 is 1.47 bits per heavy atom. The second-order valence-corrected chi connectivity index (χ2v) is 4.62. The number of halogens is 1. The molecule has 2 rings (SSSR count). The smallest absolute Gasteiger partial charge is 0.115 e. The first-order valence-corrected chi connectivity index (χ1v) is 5.78. The van der Waals surface area contributed by atoms with Crippen molar-refractivity contribution >= 4 is 22.9 Å². The number of thiophene rings is 1. The van der Waals surface area contributed by atoms with Crippen molar-refractivity contribution in [1.82, 2.24) is 4.98 Å². The minimum Gasteiger partial charge on any atom is -0.383 e. The lowest BCUT2D eigenvalue weighted by Gasteiger charge is -2.09. The third kappa shape index (κ3) is 2.20. The summed E-state index contributed by atoms with van der Waals surface area (Å²) in [6.45, 7) is 1.90. The van der Waals surface area contributed by atoms with E-state index in [1.807, 2.05) is 18.4 Å². The Morgan fingerprint density at radius 3 is 2.87 bits per heavy atom. The minimum absolute atomic E-state index is 0.613. The largest absolute Gasteiger partial charge is 0.383 e. The van der Waals surface area contributed by atoms with Crippen molar-refractivity contribution in [3.05, 3.63) is 50.9 Å². The number of hydrogen-bond acceptors (Lipinski definition) is 3. The van der Waals surface area contributed by atoms with Gasteiger partial charge in [0.1, 0.15) is 6.10 Å². The van der Waals surface area contributed by atoms with Crippen molar-refractivity contribution in [2.24, 2.45) is 0 Å². The van der Waals surface area contributed by atoms with Gasteiger partial charge in [0, 0.05) is 11.9 Å². The van der Waals surface area contributed by atoms with Crippen LogP contribution in [0.25, 0.3) is 0 Å². The Balaban J connectivity index is 2.36. The zero-order valence-electron chi connectivity index (χ0n) is 8.14. The van der Waals surface area contributed by atoms with Crippen molar-refractivity contribution in [3.8, 4) is 0 Å². The van der Waals surface area contributed by atoms with Gasteiger partial charge in [0.15, 0.2) is 0 Å². The van der Waals surface area contributed by atoms with Crippen LogP contribution in [0.5, 0.6) is 0 Å². The number of aliphatic hydroxyl groups excluding tert-OH is 1. The average Bonchev–Trinajstić information content (AvgIpc) is 2.63. The summed E-state index contributed by atoms with van der Waals surface area (Å²) >= 11 is 7.42. The second kappa shape index (κ2) is 4.31. The second-order valence-electron chi connectivity index (χ2n) is 3.27. The van der Waals surface area contributed by atoms with Gasteiger partial charge in [-0.25, -0.2) is 0 Å². The molecule has 2 heterocycles. The van der Waals surface area contributed by atoms with Crippen molar-refractivity contribution in [3.63, 3.8) is 0 Å². The summed E-state index contributed by atoms with van der Waals surface area (Å²) in [5.74, 6) is 0. The molecule has 0 aliphatic rings. The average molecular weight is 240 g/mol. The van der Waals surface area contributed by atoms with Gasteiger partial charge in [-0.15, -0.1) is 11.3 Å². The summed E-state index contributed by atoms with van der Waals surface area (Å²) < 4.78 is 0. The van der Waals surface area contributed by atoms with Crippen LogP contribution in [0.3, 0.4) is 0 Å². The predicted octanol–water partition coefficient (Wildman–Crippen LogP) is 3.19. The van der Waals surface area contributed by atoms with E-state index in [1.54, 1.807) is 18.3 Å². The van der Waals surface area contributed by atoms with Crippen molar-refractivity contribution < 1.29 is 5.11 Å². The monoisotopic (exact) mass is 239 g/mol. The Hall–Kier alpha value is -0.900. The highest BCUT2D eigenvalue weighted by atomic mass is 35.5. The maximum Gasteiger partial charge on any atom is 0.115 e. The molecule has 0 aromatic carbocycles. The molecule has 0 radical (unpaired) electrons. The topological polar surface area (TPSA) is 33.1 Å². The van der Waals surface area contributed by atoms with Crippen LogP contribution in [0.1, 0.15) is 22.2 Å². The lowest BCUT2D eigenvalue weighted by molar-refractivity contribution is 0.224. The number of aryl methyl sites for hydroxylation is 1. The van der Waals surface area contributed by atoms with Gasteiger partial charge in [0.25, 0.3) is 0 Å². The molecule has 0 amide bonds. The highest BCUT2D eigenvalue weighted by Crippen LogP contribution is 2.32. The van der Waals surface area contributed by atoms with E-state index in [-0.39, 0.29) is 0 Å². The molecule has 1 atom stereocenters. The van der Waals surface area contributed by atoms with Gasteiger partial charge in [0.05, 0.1) is 9.90 Å². The van der Waals surface area contributed by atoms with Crippen LogP contribution in [-0.2, 0) is 0 Å². The number of aliphatic hydroxyl groups is 1. The summed E-state index contributed by atoms with van der Waals surface area (Å²) in [6.07, 6.45) is 1.04. The molecular weight excluding hydrogens is 230 g/mol. The highest BCUT2D eigenvalue weighted by Gasteiger charge is 2.15. The zero-order valence-corrected chi connectivity index (χ0v) is 9.72. The van der Waals surface area contributed by atoms with Gasteiger partial charge in [-0.3, -0.25) is 4.98 Å².